The highest BCUT2D eigenvalue weighted by atomic mass is 16.5. The van der Waals surface area contributed by atoms with Gasteiger partial charge in [0, 0.05) is 64.0 Å². The number of ether oxygens (including phenoxy) is 1. The summed E-state index contributed by atoms with van der Waals surface area (Å²) in [6.07, 6.45) is 5.25. The standard InChI is InChI=1S/C27H40N10O3/c28-26(29)32-8-2-11-35-13-5-20(6-14-35)37-18-23-24(34-27(37)39)33-21-17-19(3-4-22(21)40-23)25(38)31-7-1-12-36-15-9-30-10-16-36/h3-4,17-18,20,30H,1-2,5-16H2,(H,31,38)(H4,28,29,32)(H,33,34,39). The van der Waals surface area contributed by atoms with Gasteiger partial charge in [0.2, 0.25) is 0 Å². The summed E-state index contributed by atoms with van der Waals surface area (Å²) in [5.41, 5.74) is 6.15. The summed E-state index contributed by atoms with van der Waals surface area (Å²) < 4.78 is 7.78. The van der Waals surface area contributed by atoms with E-state index in [9.17, 15) is 9.59 Å². The Labute approximate surface area is 234 Å². The second-order valence-corrected chi connectivity index (χ2v) is 10.5. The highest BCUT2D eigenvalue weighted by Gasteiger charge is 2.26. The molecule has 0 saturated carbocycles. The molecule has 40 heavy (non-hydrogen) atoms. The second-order valence-electron chi connectivity index (χ2n) is 10.5. The quantitative estimate of drug-likeness (QED) is 0.119. The Balaban J connectivity index is 1.13. The molecule has 13 heteroatoms. The van der Waals surface area contributed by atoms with E-state index in [0.29, 0.717) is 41.7 Å². The molecule has 2 saturated heterocycles. The minimum absolute atomic E-state index is 0.00413. The number of benzene rings is 1. The van der Waals surface area contributed by atoms with Crippen LogP contribution in [0.4, 0.5) is 11.5 Å². The number of anilines is 2. The summed E-state index contributed by atoms with van der Waals surface area (Å²) in [6, 6.07) is 5.32. The molecule has 0 atom stereocenters. The zero-order valence-electron chi connectivity index (χ0n) is 22.9. The Kier molecular flexibility index (Phi) is 9.14. The molecule has 0 radical (unpaired) electrons. The molecule has 3 aliphatic heterocycles. The number of aromatic nitrogens is 2. The van der Waals surface area contributed by atoms with E-state index in [1.54, 1.807) is 29.0 Å². The van der Waals surface area contributed by atoms with Crippen LogP contribution >= 0.6 is 0 Å². The Morgan fingerprint density at radius 1 is 1.05 bits per heavy atom. The smallest absolute Gasteiger partial charge is 0.350 e. The molecule has 1 aromatic heterocycles. The summed E-state index contributed by atoms with van der Waals surface area (Å²) in [7, 11) is 0. The lowest BCUT2D eigenvalue weighted by Gasteiger charge is -2.33. The van der Waals surface area contributed by atoms with Gasteiger partial charge in [0.1, 0.15) is 0 Å². The molecule has 7 N–H and O–H groups in total. The number of piperazine rings is 1. The Morgan fingerprint density at radius 3 is 2.48 bits per heavy atom. The molecule has 4 heterocycles. The average Bonchev–Trinajstić information content (AvgIpc) is 2.96. The first-order chi connectivity index (χ1) is 19.5. The third kappa shape index (κ3) is 7.09. The van der Waals surface area contributed by atoms with E-state index in [0.717, 1.165) is 78.0 Å². The predicted octanol–water partition coefficient (Wildman–Crippen LogP) is 0.628. The van der Waals surface area contributed by atoms with Gasteiger partial charge >= 0.3 is 5.69 Å². The molecule has 1 aromatic carbocycles. The summed E-state index contributed by atoms with van der Waals surface area (Å²) in [5, 5.41) is 19.6. The first kappa shape index (κ1) is 27.9. The Bertz CT molecular complexity index is 1250. The summed E-state index contributed by atoms with van der Waals surface area (Å²) >= 11 is 0. The summed E-state index contributed by atoms with van der Waals surface area (Å²) in [6.45, 7) is 9.09. The lowest BCUT2D eigenvalue weighted by atomic mass is 10.0. The van der Waals surface area contributed by atoms with Gasteiger partial charge in [0.05, 0.1) is 11.9 Å². The number of nitrogens with two attached hydrogens (primary N) is 1. The molecule has 2 aromatic rings. The molecule has 2 fully saturated rings. The molecule has 1 amide bonds. The zero-order chi connectivity index (χ0) is 27.9. The number of amides is 1. The van der Waals surface area contributed by atoms with Crippen molar-refractivity contribution in [2.45, 2.75) is 31.7 Å². The van der Waals surface area contributed by atoms with Crippen molar-refractivity contribution in [1.29, 1.82) is 5.41 Å². The molecule has 0 aliphatic carbocycles. The monoisotopic (exact) mass is 552 g/mol. The van der Waals surface area contributed by atoms with Crippen LogP contribution in [-0.2, 0) is 0 Å². The topological polar surface area (TPSA) is 166 Å². The van der Waals surface area contributed by atoms with Gasteiger partial charge in [0.25, 0.3) is 5.91 Å². The van der Waals surface area contributed by atoms with Gasteiger partial charge in [-0.15, -0.1) is 0 Å². The number of carbonyl (C=O) groups excluding carboxylic acids is 1. The Morgan fingerprint density at radius 2 is 1.75 bits per heavy atom. The van der Waals surface area contributed by atoms with Crippen molar-refractivity contribution >= 4 is 23.4 Å². The van der Waals surface area contributed by atoms with Crippen LogP contribution in [0.3, 0.4) is 0 Å². The maximum Gasteiger partial charge on any atom is 0.350 e. The highest BCUT2D eigenvalue weighted by Crippen LogP contribution is 2.41. The van der Waals surface area contributed by atoms with Gasteiger partial charge in [-0.05, 0) is 57.0 Å². The van der Waals surface area contributed by atoms with E-state index in [1.807, 2.05) is 0 Å². The number of nitrogens with one attached hydrogen (secondary N) is 5. The minimum Gasteiger partial charge on any atom is -0.450 e. The van der Waals surface area contributed by atoms with Crippen LogP contribution in [0.5, 0.6) is 11.5 Å². The summed E-state index contributed by atoms with van der Waals surface area (Å²) in [5.74, 6) is 1.30. The van der Waals surface area contributed by atoms with Crippen LogP contribution in [0.1, 0.15) is 42.1 Å². The molecule has 0 bridgehead atoms. The fourth-order valence-electron chi connectivity index (χ4n) is 5.47. The molecular weight excluding hydrogens is 512 g/mol. The molecular formula is C27H40N10O3. The molecule has 0 spiro atoms. The van der Waals surface area contributed by atoms with Crippen LogP contribution in [0, 0.1) is 5.41 Å². The van der Waals surface area contributed by atoms with Gasteiger partial charge in [-0.1, -0.05) is 0 Å². The van der Waals surface area contributed by atoms with Gasteiger partial charge in [0.15, 0.2) is 23.3 Å². The molecule has 3 aliphatic rings. The molecule has 0 unspecified atom stereocenters. The molecule has 5 rings (SSSR count). The zero-order valence-corrected chi connectivity index (χ0v) is 22.9. The lowest BCUT2D eigenvalue weighted by Crippen LogP contribution is -2.44. The maximum absolute atomic E-state index is 12.9. The normalized spacial score (nSPS) is 17.7. The first-order valence-electron chi connectivity index (χ1n) is 14.2. The summed E-state index contributed by atoms with van der Waals surface area (Å²) in [4.78, 5) is 34.7. The number of hydrogen-bond acceptors (Lipinski definition) is 9. The van der Waals surface area contributed by atoms with Crippen molar-refractivity contribution in [3.05, 3.63) is 40.4 Å². The van der Waals surface area contributed by atoms with Crippen LogP contribution in [0.15, 0.2) is 29.2 Å². The first-order valence-corrected chi connectivity index (χ1v) is 14.2. The average molecular weight is 553 g/mol. The van der Waals surface area contributed by atoms with Crippen LogP contribution in [0.2, 0.25) is 0 Å². The van der Waals surface area contributed by atoms with Gasteiger partial charge in [-0.3, -0.25) is 14.8 Å². The Hall–Kier alpha value is -3.68. The number of rotatable bonds is 10. The van der Waals surface area contributed by atoms with Crippen LogP contribution < -0.4 is 37.4 Å². The lowest BCUT2D eigenvalue weighted by molar-refractivity contribution is 0.0951. The number of nitrogens with zero attached hydrogens (tertiary/aromatic N) is 4. The van der Waals surface area contributed by atoms with Crippen molar-refractivity contribution in [1.82, 2.24) is 35.3 Å². The van der Waals surface area contributed by atoms with Crippen molar-refractivity contribution < 1.29 is 9.53 Å². The van der Waals surface area contributed by atoms with Crippen molar-refractivity contribution in [2.75, 3.05) is 70.8 Å². The third-order valence-electron chi connectivity index (χ3n) is 7.70. The molecule has 216 valence electrons. The van der Waals surface area contributed by atoms with E-state index < -0.39 is 0 Å². The largest absolute Gasteiger partial charge is 0.450 e. The van der Waals surface area contributed by atoms with E-state index in [2.05, 4.69) is 36.1 Å². The fourth-order valence-corrected chi connectivity index (χ4v) is 5.47. The maximum atomic E-state index is 12.9. The van der Waals surface area contributed by atoms with E-state index >= 15 is 0 Å². The van der Waals surface area contributed by atoms with Crippen molar-refractivity contribution in [3.63, 3.8) is 0 Å². The van der Waals surface area contributed by atoms with E-state index in [4.69, 9.17) is 15.9 Å². The fraction of sp³-hybridized carbons (Fsp3) is 0.556. The van der Waals surface area contributed by atoms with Crippen LogP contribution in [0.25, 0.3) is 0 Å². The van der Waals surface area contributed by atoms with Crippen LogP contribution in [-0.4, -0.2) is 96.7 Å². The number of hydrogen-bond donors (Lipinski definition) is 6. The van der Waals surface area contributed by atoms with Crippen molar-refractivity contribution in [3.8, 4) is 11.5 Å². The van der Waals surface area contributed by atoms with Gasteiger partial charge in [-0.25, -0.2) is 4.79 Å². The van der Waals surface area contributed by atoms with E-state index in [1.165, 1.54) is 0 Å². The minimum atomic E-state index is -0.319. The SMILES string of the molecule is N=C(N)NCCCN1CCC(n2cc3c(nc2=O)Nc2cc(C(=O)NCCCN4CCNCC4)ccc2O3)CC1. The van der Waals surface area contributed by atoms with E-state index in [-0.39, 0.29) is 23.6 Å². The number of piperidine rings is 1. The second kappa shape index (κ2) is 13.1. The highest BCUT2D eigenvalue weighted by molar-refractivity contribution is 5.96. The predicted molar refractivity (Wildman–Crippen MR) is 154 cm³/mol. The van der Waals surface area contributed by atoms with Gasteiger partial charge < -0.3 is 41.5 Å². The van der Waals surface area contributed by atoms with Crippen molar-refractivity contribution in [2.24, 2.45) is 5.73 Å². The number of carbonyl (C=O) groups is 1. The number of fused-ring (bicyclic) bond motifs is 2. The molecule has 13 nitrogen and oxygen atoms in total. The third-order valence-corrected chi connectivity index (χ3v) is 7.70. The number of guanidine groups is 1. The van der Waals surface area contributed by atoms with Gasteiger partial charge in [-0.2, -0.15) is 4.98 Å². The number of likely N-dealkylation sites (tertiary alicyclic amines) is 1.